The maximum absolute atomic E-state index is 12.9. The first-order chi connectivity index (χ1) is 15.0. The first-order valence-corrected chi connectivity index (χ1v) is 9.89. The lowest BCUT2D eigenvalue weighted by Gasteiger charge is -2.32. The van der Waals surface area contributed by atoms with E-state index in [1.165, 1.54) is 24.3 Å². The molecule has 9 heteroatoms. The maximum atomic E-state index is 12.9. The molecule has 0 radical (unpaired) electrons. The van der Waals surface area contributed by atoms with Crippen LogP contribution in [0.4, 0.5) is 4.39 Å². The molecule has 0 saturated carbocycles. The van der Waals surface area contributed by atoms with Gasteiger partial charge in [-0.1, -0.05) is 18.2 Å². The number of hydrogen-bond acceptors (Lipinski definition) is 5. The van der Waals surface area contributed by atoms with Gasteiger partial charge in [0.25, 0.3) is 5.91 Å². The molecule has 1 saturated heterocycles. The fraction of sp³-hybridized carbons (Fsp3) is 0.318. The Balaban J connectivity index is 1.36. The molecular weight excluding hydrogens is 405 g/mol. The van der Waals surface area contributed by atoms with Gasteiger partial charge in [0.05, 0.1) is 26.2 Å². The summed E-state index contributed by atoms with van der Waals surface area (Å²) in [5, 5.41) is 5.02. The first kappa shape index (κ1) is 22.2. The van der Waals surface area contributed by atoms with E-state index in [2.05, 4.69) is 10.6 Å². The van der Waals surface area contributed by atoms with E-state index in [1.807, 2.05) is 0 Å². The molecule has 3 rings (SSSR count). The number of halogens is 1. The average molecular weight is 429 g/mol. The van der Waals surface area contributed by atoms with Gasteiger partial charge in [-0.15, -0.1) is 0 Å². The second kappa shape index (κ2) is 11.1. The summed E-state index contributed by atoms with van der Waals surface area (Å²) in [6.07, 6.45) is -0.330. The summed E-state index contributed by atoms with van der Waals surface area (Å²) in [4.78, 5) is 37.9. The van der Waals surface area contributed by atoms with Crippen molar-refractivity contribution >= 4 is 17.7 Å². The zero-order valence-corrected chi connectivity index (χ0v) is 16.9. The van der Waals surface area contributed by atoms with Crippen LogP contribution in [0.1, 0.15) is 10.4 Å². The summed E-state index contributed by atoms with van der Waals surface area (Å²) in [5.41, 5.74) is 0.452. The van der Waals surface area contributed by atoms with E-state index in [0.717, 1.165) is 0 Å². The predicted molar refractivity (Wildman–Crippen MR) is 110 cm³/mol. The van der Waals surface area contributed by atoms with Crippen LogP contribution >= 0.6 is 0 Å². The molecule has 1 fully saturated rings. The molecule has 8 nitrogen and oxygen atoms in total. The predicted octanol–water partition coefficient (Wildman–Crippen LogP) is 0.978. The summed E-state index contributed by atoms with van der Waals surface area (Å²) in [6, 6.07) is 14.2. The molecule has 3 amide bonds. The number of morpholine rings is 1. The first-order valence-electron chi connectivity index (χ1n) is 9.89. The van der Waals surface area contributed by atoms with Crippen molar-refractivity contribution in [1.82, 2.24) is 15.5 Å². The van der Waals surface area contributed by atoms with Crippen molar-refractivity contribution in [3.8, 4) is 5.75 Å². The molecule has 0 unspecified atom stereocenters. The Hall–Kier alpha value is -3.46. The molecule has 1 atom stereocenters. The van der Waals surface area contributed by atoms with Crippen LogP contribution in [0.5, 0.6) is 5.75 Å². The van der Waals surface area contributed by atoms with Crippen LogP contribution in [-0.2, 0) is 14.3 Å². The standard InChI is InChI=1S/C22H24FN3O5/c23-17-6-8-18(9-7-17)31-15-19-14-26(10-11-30-19)21(28)13-24-20(27)12-25-22(29)16-4-2-1-3-5-16/h1-9,19H,10-15H2,(H,24,27)(H,25,29)/t19-/m0/s1. The second-order valence-electron chi connectivity index (χ2n) is 6.92. The van der Waals surface area contributed by atoms with Crippen molar-refractivity contribution < 1.29 is 28.2 Å². The lowest BCUT2D eigenvalue weighted by Crippen LogP contribution is -2.51. The monoisotopic (exact) mass is 429 g/mol. The van der Waals surface area contributed by atoms with Crippen molar-refractivity contribution in [1.29, 1.82) is 0 Å². The largest absolute Gasteiger partial charge is 0.491 e. The number of nitrogens with one attached hydrogen (secondary N) is 2. The van der Waals surface area contributed by atoms with E-state index < -0.39 is 5.91 Å². The molecule has 164 valence electrons. The normalized spacial score (nSPS) is 15.8. The van der Waals surface area contributed by atoms with Crippen molar-refractivity contribution in [2.45, 2.75) is 6.10 Å². The molecule has 0 aliphatic carbocycles. The Morgan fingerprint density at radius 2 is 1.77 bits per heavy atom. The molecule has 0 spiro atoms. The van der Waals surface area contributed by atoms with E-state index in [4.69, 9.17) is 9.47 Å². The molecule has 1 heterocycles. The quantitative estimate of drug-likeness (QED) is 0.652. The Morgan fingerprint density at radius 3 is 2.52 bits per heavy atom. The van der Waals surface area contributed by atoms with Gasteiger partial charge in [-0.3, -0.25) is 14.4 Å². The Labute approximate surface area is 179 Å². The summed E-state index contributed by atoms with van der Waals surface area (Å²) >= 11 is 0. The Morgan fingerprint density at radius 1 is 1.03 bits per heavy atom. The Bertz CT molecular complexity index is 892. The van der Waals surface area contributed by atoms with Gasteiger partial charge in [0.1, 0.15) is 24.3 Å². The molecule has 2 aromatic carbocycles. The average Bonchev–Trinajstić information content (AvgIpc) is 2.81. The summed E-state index contributed by atoms with van der Waals surface area (Å²) in [6.45, 7) is 0.897. The van der Waals surface area contributed by atoms with Gasteiger partial charge < -0.3 is 25.0 Å². The second-order valence-corrected chi connectivity index (χ2v) is 6.92. The number of benzene rings is 2. The molecule has 2 N–H and O–H groups in total. The molecule has 0 aromatic heterocycles. The molecular formula is C22H24FN3O5. The van der Waals surface area contributed by atoms with Crippen LogP contribution in [-0.4, -0.2) is 68.1 Å². The van der Waals surface area contributed by atoms with E-state index in [0.29, 0.717) is 31.0 Å². The highest BCUT2D eigenvalue weighted by Gasteiger charge is 2.25. The molecule has 1 aliphatic rings. The summed E-state index contributed by atoms with van der Waals surface area (Å²) < 4.78 is 24.1. The Kier molecular flexibility index (Phi) is 7.94. The zero-order chi connectivity index (χ0) is 22.1. The van der Waals surface area contributed by atoms with E-state index >= 15 is 0 Å². The summed E-state index contributed by atoms with van der Waals surface area (Å²) in [5.74, 6) is -0.905. The topological polar surface area (TPSA) is 97.0 Å². The van der Waals surface area contributed by atoms with E-state index in [9.17, 15) is 18.8 Å². The number of hydrogen-bond donors (Lipinski definition) is 2. The van der Waals surface area contributed by atoms with Crippen molar-refractivity contribution in [3.05, 3.63) is 66.0 Å². The maximum Gasteiger partial charge on any atom is 0.251 e. The van der Waals surface area contributed by atoms with Crippen LogP contribution in [0, 0.1) is 5.82 Å². The van der Waals surface area contributed by atoms with Crippen LogP contribution in [0.3, 0.4) is 0 Å². The van der Waals surface area contributed by atoms with Crippen molar-refractivity contribution in [2.75, 3.05) is 39.4 Å². The molecule has 31 heavy (non-hydrogen) atoms. The smallest absolute Gasteiger partial charge is 0.251 e. The fourth-order valence-electron chi connectivity index (χ4n) is 2.97. The van der Waals surface area contributed by atoms with E-state index in [-0.39, 0.29) is 43.4 Å². The fourth-order valence-corrected chi connectivity index (χ4v) is 2.97. The minimum absolute atomic E-state index is 0.175. The van der Waals surface area contributed by atoms with Gasteiger partial charge in [-0.05, 0) is 36.4 Å². The van der Waals surface area contributed by atoms with Crippen LogP contribution < -0.4 is 15.4 Å². The van der Waals surface area contributed by atoms with Crippen molar-refractivity contribution in [3.63, 3.8) is 0 Å². The molecule has 1 aliphatic heterocycles. The SMILES string of the molecule is O=C(CNC(=O)c1ccccc1)NCC(=O)N1CCO[C@H](COc2ccc(F)cc2)C1. The van der Waals surface area contributed by atoms with Gasteiger partial charge in [0.2, 0.25) is 11.8 Å². The number of amides is 3. The highest BCUT2D eigenvalue weighted by atomic mass is 19.1. The third kappa shape index (κ3) is 7.07. The van der Waals surface area contributed by atoms with Gasteiger partial charge in [0.15, 0.2) is 0 Å². The van der Waals surface area contributed by atoms with Crippen LogP contribution in [0.25, 0.3) is 0 Å². The number of carbonyl (C=O) groups is 3. The van der Waals surface area contributed by atoms with Crippen LogP contribution in [0.2, 0.25) is 0 Å². The van der Waals surface area contributed by atoms with Crippen molar-refractivity contribution in [2.24, 2.45) is 0 Å². The minimum Gasteiger partial charge on any atom is -0.491 e. The zero-order valence-electron chi connectivity index (χ0n) is 16.9. The van der Waals surface area contributed by atoms with Gasteiger partial charge >= 0.3 is 0 Å². The summed E-state index contributed by atoms with van der Waals surface area (Å²) in [7, 11) is 0. The van der Waals surface area contributed by atoms with Gasteiger partial charge in [-0.25, -0.2) is 4.39 Å². The highest BCUT2D eigenvalue weighted by molar-refractivity contribution is 5.96. The number of ether oxygens (including phenoxy) is 2. The highest BCUT2D eigenvalue weighted by Crippen LogP contribution is 2.13. The van der Waals surface area contributed by atoms with E-state index in [1.54, 1.807) is 35.2 Å². The third-order valence-corrected chi connectivity index (χ3v) is 4.62. The lowest BCUT2D eigenvalue weighted by atomic mass is 10.2. The molecule has 0 bridgehead atoms. The van der Waals surface area contributed by atoms with Crippen LogP contribution in [0.15, 0.2) is 54.6 Å². The number of nitrogens with zero attached hydrogens (tertiary/aromatic N) is 1. The number of carbonyl (C=O) groups excluding carboxylic acids is 3. The molecule has 2 aromatic rings. The van der Waals surface area contributed by atoms with Gasteiger partial charge in [-0.2, -0.15) is 0 Å². The lowest BCUT2D eigenvalue weighted by molar-refractivity contribution is -0.140. The minimum atomic E-state index is -0.456. The van der Waals surface area contributed by atoms with Gasteiger partial charge in [0, 0.05) is 12.1 Å². The third-order valence-electron chi connectivity index (χ3n) is 4.62. The number of rotatable bonds is 8.